The molecule has 0 spiro atoms. The number of para-hydroxylation sites is 1. The Hall–Kier alpha value is -2.62. The first-order valence-electron chi connectivity index (χ1n) is 11.4. The van der Waals surface area contributed by atoms with Gasteiger partial charge < -0.3 is 10.2 Å². The largest absolute Gasteiger partial charge is 0.353 e. The van der Waals surface area contributed by atoms with Gasteiger partial charge in [0.2, 0.25) is 12.3 Å². The summed E-state index contributed by atoms with van der Waals surface area (Å²) in [5.41, 5.74) is 2.24. The third-order valence-corrected chi connectivity index (χ3v) is 6.94. The number of rotatable bonds is 8. The standard InChI is InChI=1S/C26H32N2O2/c29-19-28(21-13-5-2-6-14-21)18-10-9-16-23-25(20-11-3-1-4-12-20)22-15-7-8-17-24(22)27-26(23)30/h1-6,11-14,19,22-25H,7-10,15-18H2,(H,27,30)/t22-,23-,24+,25+/m1/s1. The maximum Gasteiger partial charge on any atom is 0.223 e. The Morgan fingerprint density at radius 2 is 1.63 bits per heavy atom. The lowest BCUT2D eigenvalue weighted by molar-refractivity contribution is -0.131. The summed E-state index contributed by atoms with van der Waals surface area (Å²) in [6.45, 7) is 0.684. The van der Waals surface area contributed by atoms with E-state index in [-0.39, 0.29) is 11.8 Å². The molecule has 30 heavy (non-hydrogen) atoms. The number of anilines is 1. The van der Waals surface area contributed by atoms with Crippen molar-refractivity contribution in [2.75, 3.05) is 11.4 Å². The van der Waals surface area contributed by atoms with Crippen LogP contribution in [0.5, 0.6) is 0 Å². The number of unbranched alkanes of at least 4 members (excludes halogenated alkanes) is 1. The van der Waals surface area contributed by atoms with Crippen LogP contribution in [0, 0.1) is 11.8 Å². The molecule has 2 aromatic rings. The molecule has 4 heteroatoms. The lowest BCUT2D eigenvalue weighted by atomic mass is 9.65. The Labute approximate surface area is 179 Å². The number of fused-ring (bicyclic) bond motifs is 1. The van der Waals surface area contributed by atoms with Gasteiger partial charge in [-0.25, -0.2) is 0 Å². The summed E-state index contributed by atoms with van der Waals surface area (Å²) in [5.74, 6) is 1.09. The highest BCUT2D eigenvalue weighted by Gasteiger charge is 2.44. The van der Waals surface area contributed by atoms with Gasteiger partial charge in [0.25, 0.3) is 0 Å². The molecule has 1 saturated heterocycles. The van der Waals surface area contributed by atoms with Crippen LogP contribution in [0.3, 0.4) is 0 Å². The number of benzene rings is 2. The predicted octanol–water partition coefficient (Wildman–Crippen LogP) is 4.91. The van der Waals surface area contributed by atoms with Crippen molar-refractivity contribution < 1.29 is 9.59 Å². The van der Waals surface area contributed by atoms with Crippen LogP contribution >= 0.6 is 0 Å². The van der Waals surface area contributed by atoms with E-state index in [0.717, 1.165) is 37.8 Å². The fraction of sp³-hybridized carbons (Fsp3) is 0.462. The summed E-state index contributed by atoms with van der Waals surface area (Å²) in [6, 6.07) is 20.7. The minimum absolute atomic E-state index is 0.0214. The number of carbonyl (C=O) groups excluding carboxylic acids is 2. The van der Waals surface area contributed by atoms with Crippen molar-refractivity contribution in [1.29, 1.82) is 0 Å². The maximum atomic E-state index is 13.1. The van der Waals surface area contributed by atoms with Gasteiger partial charge in [0.05, 0.1) is 0 Å². The Morgan fingerprint density at radius 3 is 2.37 bits per heavy atom. The molecule has 4 rings (SSSR count). The zero-order valence-corrected chi connectivity index (χ0v) is 17.6. The minimum Gasteiger partial charge on any atom is -0.353 e. The Bertz CT molecular complexity index is 823. The van der Waals surface area contributed by atoms with E-state index in [2.05, 4.69) is 35.6 Å². The predicted molar refractivity (Wildman–Crippen MR) is 120 cm³/mol. The van der Waals surface area contributed by atoms with Crippen molar-refractivity contribution in [2.24, 2.45) is 11.8 Å². The Morgan fingerprint density at radius 1 is 0.933 bits per heavy atom. The average Bonchev–Trinajstić information content (AvgIpc) is 2.80. The van der Waals surface area contributed by atoms with Crippen molar-refractivity contribution in [1.82, 2.24) is 5.32 Å². The number of hydrogen-bond acceptors (Lipinski definition) is 2. The second kappa shape index (κ2) is 9.92. The monoisotopic (exact) mass is 404 g/mol. The molecule has 1 N–H and O–H groups in total. The summed E-state index contributed by atoms with van der Waals surface area (Å²) in [5, 5.41) is 3.35. The highest BCUT2D eigenvalue weighted by molar-refractivity contribution is 5.81. The molecule has 4 nitrogen and oxygen atoms in total. The molecule has 2 aliphatic rings. The lowest BCUT2D eigenvalue weighted by Crippen LogP contribution is -2.54. The summed E-state index contributed by atoms with van der Waals surface area (Å²) in [6.07, 6.45) is 8.40. The smallest absolute Gasteiger partial charge is 0.223 e. The van der Waals surface area contributed by atoms with E-state index in [1.54, 1.807) is 4.90 Å². The number of nitrogens with zero attached hydrogens (tertiary/aromatic N) is 1. The third kappa shape index (κ3) is 4.58. The molecule has 158 valence electrons. The zero-order chi connectivity index (χ0) is 20.8. The van der Waals surface area contributed by atoms with Gasteiger partial charge >= 0.3 is 0 Å². The van der Waals surface area contributed by atoms with Gasteiger partial charge in [-0.2, -0.15) is 0 Å². The fourth-order valence-corrected chi connectivity index (χ4v) is 5.49. The molecule has 2 aromatic carbocycles. The first-order chi connectivity index (χ1) is 14.8. The molecule has 2 fully saturated rings. The minimum atomic E-state index is 0.0214. The molecular formula is C26H32N2O2. The third-order valence-electron chi connectivity index (χ3n) is 6.94. The summed E-state index contributed by atoms with van der Waals surface area (Å²) < 4.78 is 0. The summed E-state index contributed by atoms with van der Waals surface area (Å²) in [4.78, 5) is 26.3. The molecule has 1 aliphatic heterocycles. The van der Waals surface area contributed by atoms with Gasteiger partial charge in [-0.15, -0.1) is 0 Å². The van der Waals surface area contributed by atoms with E-state index in [1.165, 1.54) is 24.8 Å². The molecule has 0 aromatic heterocycles. The maximum absolute atomic E-state index is 13.1. The number of carbonyl (C=O) groups is 2. The number of piperidine rings is 1. The van der Waals surface area contributed by atoms with Gasteiger partial charge in [-0.3, -0.25) is 9.59 Å². The molecule has 1 saturated carbocycles. The first-order valence-corrected chi connectivity index (χ1v) is 11.4. The molecule has 2 amide bonds. The lowest BCUT2D eigenvalue weighted by Gasteiger charge is -2.46. The van der Waals surface area contributed by atoms with Crippen molar-refractivity contribution in [3.63, 3.8) is 0 Å². The number of amides is 2. The highest BCUT2D eigenvalue weighted by atomic mass is 16.2. The fourth-order valence-electron chi connectivity index (χ4n) is 5.49. The normalized spacial score (nSPS) is 25.8. The van der Waals surface area contributed by atoms with Crippen LogP contribution in [-0.4, -0.2) is 24.9 Å². The first kappa shape index (κ1) is 20.6. The SMILES string of the molecule is O=CN(CCCC[C@H]1C(=O)N[C@H]2CCCC[C@H]2[C@@H]1c1ccccc1)c1ccccc1. The van der Waals surface area contributed by atoms with Crippen molar-refractivity contribution in [3.05, 3.63) is 66.2 Å². The molecule has 0 unspecified atom stereocenters. The van der Waals surface area contributed by atoms with Crippen LogP contribution in [0.15, 0.2) is 60.7 Å². The van der Waals surface area contributed by atoms with Crippen LogP contribution in [-0.2, 0) is 9.59 Å². The van der Waals surface area contributed by atoms with Gasteiger partial charge in [-0.1, -0.05) is 67.8 Å². The van der Waals surface area contributed by atoms with Crippen LogP contribution in [0.25, 0.3) is 0 Å². The van der Waals surface area contributed by atoms with E-state index in [1.807, 2.05) is 30.3 Å². The van der Waals surface area contributed by atoms with E-state index < -0.39 is 0 Å². The second-order valence-electron chi connectivity index (χ2n) is 8.74. The molecule has 4 atom stereocenters. The topological polar surface area (TPSA) is 49.4 Å². The second-order valence-corrected chi connectivity index (χ2v) is 8.74. The van der Waals surface area contributed by atoms with E-state index in [0.29, 0.717) is 24.4 Å². The molecule has 0 bridgehead atoms. The quantitative estimate of drug-likeness (QED) is 0.502. The zero-order valence-electron chi connectivity index (χ0n) is 17.6. The van der Waals surface area contributed by atoms with E-state index in [4.69, 9.17) is 0 Å². The van der Waals surface area contributed by atoms with E-state index in [9.17, 15) is 9.59 Å². The Kier molecular flexibility index (Phi) is 6.83. The average molecular weight is 405 g/mol. The van der Waals surface area contributed by atoms with Crippen LogP contribution in [0.1, 0.15) is 56.4 Å². The van der Waals surface area contributed by atoms with E-state index >= 15 is 0 Å². The molecule has 0 radical (unpaired) electrons. The highest BCUT2D eigenvalue weighted by Crippen LogP contribution is 2.45. The summed E-state index contributed by atoms with van der Waals surface area (Å²) in [7, 11) is 0. The van der Waals surface area contributed by atoms with Crippen LogP contribution in [0.2, 0.25) is 0 Å². The molecular weight excluding hydrogens is 372 g/mol. The van der Waals surface area contributed by atoms with Crippen LogP contribution < -0.4 is 10.2 Å². The Balaban J connectivity index is 1.42. The number of hydrogen-bond donors (Lipinski definition) is 1. The van der Waals surface area contributed by atoms with Gasteiger partial charge in [0.15, 0.2) is 0 Å². The number of nitrogens with one attached hydrogen (secondary N) is 1. The van der Waals surface area contributed by atoms with Gasteiger partial charge in [-0.05, 0) is 49.3 Å². The van der Waals surface area contributed by atoms with Crippen molar-refractivity contribution in [2.45, 2.75) is 56.9 Å². The van der Waals surface area contributed by atoms with Gasteiger partial charge in [0.1, 0.15) is 0 Å². The molecule has 1 aliphatic carbocycles. The van der Waals surface area contributed by atoms with Crippen LogP contribution in [0.4, 0.5) is 5.69 Å². The van der Waals surface area contributed by atoms with Crippen molar-refractivity contribution in [3.8, 4) is 0 Å². The summed E-state index contributed by atoms with van der Waals surface area (Å²) >= 11 is 0. The van der Waals surface area contributed by atoms with Gasteiger partial charge in [0, 0.05) is 30.1 Å². The molecule has 1 heterocycles. The van der Waals surface area contributed by atoms with Crippen molar-refractivity contribution >= 4 is 18.0 Å².